The molecule has 1 saturated heterocycles. The van der Waals surface area contributed by atoms with Crippen LogP contribution in [-0.4, -0.2) is 40.8 Å². The summed E-state index contributed by atoms with van der Waals surface area (Å²) in [5.41, 5.74) is 1.67. The Hall–Kier alpha value is -2.04. The summed E-state index contributed by atoms with van der Waals surface area (Å²) in [6.07, 6.45) is 1.63. The molecular formula is C18H25NO4. The molecule has 0 spiro atoms. The van der Waals surface area contributed by atoms with Crippen molar-refractivity contribution in [3.8, 4) is 0 Å². The van der Waals surface area contributed by atoms with Gasteiger partial charge in [0.2, 0.25) is 0 Å². The Morgan fingerprint density at radius 3 is 2.57 bits per heavy atom. The molecule has 2 rings (SSSR count). The first kappa shape index (κ1) is 17.3. The van der Waals surface area contributed by atoms with Crippen LogP contribution in [0.3, 0.4) is 0 Å². The van der Waals surface area contributed by atoms with Gasteiger partial charge in [-0.2, -0.15) is 0 Å². The number of aromatic carboxylic acids is 1. The molecule has 0 aliphatic carbocycles. The molecule has 0 unspecified atom stereocenters. The minimum Gasteiger partial charge on any atom is -0.478 e. The third-order valence-corrected chi connectivity index (χ3v) is 4.03. The molecule has 1 amide bonds. The van der Waals surface area contributed by atoms with Crippen molar-refractivity contribution in [3.63, 3.8) is 0 Å². The molecule has 0 saturated carbocycles. The molecule has 1 N–H and O–H groups in total. The minimum atomic E-state index is -0.909. The van der Waals surface area contributed by atoms with E-state index in [9.17, 15) is 9.59 Å². The summed E-state index contributed by atoms with van der Waals surface area (Å²) in [5.74, 6) is -0.689. The van der Waals surface area contributed by atoms with Crippen molar-refractivity contribution in [1.29, 1.82) is 0 Å². The predicted octanol–water partition coefficient (Wildman–Crippen LogP) is 3.81. The van der Waals surface area contributed by atoms with Crippen LogP contribution in [0.25, 0.3) is 0 Å². The van der Waals surface area contributed by atoms with E-state index in [0.717, 1.165) is 24.0 Å². The van der Waals surface area contributed by atoms with Crippen LogP contribution in [0.15, 0.2) is 18.2 Å². The van der Waals surface area contributed by atoms with E-state index in [-0.39, 0.29) is 12.0 Å². The monoisotopic (exact) mass is 319 g/mol. The number of ether oxygens (including phenoxy) is 1. The lowest BCUT2D eigenvalue weighted by molar-refractivity contribution is 0.0198. The second kappa shape index (κ2) is 6.60. The van der Waals surface area contributed by atoms with Gasteiger partial charge in [-0.05, 0) is 57.7 Å². The van der Waals surface area contributed by atoms with Crippen molar-refractivity contribution in [2.75, 3.05) is 13.1 Å². The van der Waals surface area contributed by atoms with Crippen LogP contribution >= 0.6 is 0 Å². The summed E-state index contributed by atoms with van der Waals surface area (Å²) in [5, 5.41) is 9.12. The molecule has 5 heteroatoms. The maximum absolute atomic E-state index is 12.2. The number of hydrogen-bond acceptors (Lipinski definition) is 3. The van der Waals surface area contributed by atoms with Crippen molar-refractivity contribution in [2.45, 2.75) is 52.1 Å². The molecule has 1 aliphatic heterocycles. The maximum atomic E-state index is 12.2. The summed E-state index contributed by atoms with van der Waals surface area (Å²) in [6.45, 7) is 8.71. The van der Waals surface area contributed by atoms with Crippen molar-refractivity contribution in [3.05, 3.63) is 34.9 Å². The average molecular weight is 319 g/mol. The molecule has 1 heterocycles. The molecule has 1 fully saturated rings. The molecule has 126 valence electrons. The van der Waals surface area contributed by atoms with E-state index in [2.05, 4.69) is 0 Å². The predicted molar refractivity (Wildman–Crippen MR) is 87.9 cm³/mol. The SMILES string of the molecule is Cc1cc([C@H]2CCCN(C(=O)OC(C)(C)C)C2)ccc1C(=O)O. The summed E-state index contributed by atoms with van der Waals surface area (Å²) in [4.78, 5) is 25.1. The second-order valence-corrected chi connectivity index (χ2v) is 7.15. The molecule has 0 radical (unpaired) electrons. The van der Waals surface area contributed by atoms with Crippen molar-refractivity contribution >= 4 is 12.1 Å². The topological polar surface area (TPSA) is 66.8 Å². The lowest BCUT2D eigenvalue weighted by atomic mass is 9.89. The number of carboxylic acids is 1. The fourth-order valence-electron chi connectivity index (χ4n) is 2.92. The summed E-state index contributed by atoms with van der Waals surface area (Å²) < 4.78 is 5.44. The molecule has 1 aromatic rings. The fourth-order valence-corrected chi connectivity index (χ4v) is 2.92. The van der Waals surface area contributed by atoms with Gasteiger partial charge in [0.1, 0.15) is 5.60 Å². The lowest BCUT2D eigenvalue weighted by Gasteiger charge is -2.34. The highest BCUT2D eigenvalue weighted by Gasteiger charge is 2.28. The Balaban J connectivity index is 2.11. The van der Waals surface area contributed by atoms with Gasteiger partial charge in [-0.3, -0.25) is 0 Å². The zero-order chi connectivity index (χ0) is 17.2. The van der Waals surface area contributed by atoms with Crippen LogP contribution in [-0.2, 0) is 4.74 Å². The Bertz CT molecular complexity index is 604. The summed E-state index contributed by atoms with van der Waals surface area (Å²) >= 11 is 0. The third-order valence-electron chi connectivity index (χ3n) is 4.03. The van der Waals surface area contributed by atoms with Crippen molar-refractivity contribution < 1.29 is 19.4 Å². The van der Waals surface area contributed by atoms with Gasteiger partial charge in [-0.25, -0.2) is 9.59 Å². The van der Waals surface area contributed by atoms with E-state index in [4.69, 9.17) is 9.84 Å². The second-order valence-electron chi connectivity index (χ2n) is 7.15. The van der Waals surface area contributed by atoms with Gasteiger partial charge in [-0.1, -0.05) is 12.1 Å². The van der Waals surface area contributed by atoms with Gasteiger partial charge in [0, 0.05) is 19.0 Å². The fraction of sp³-hybridized carbons (Fsp3) is 0.556. The van der Waals surface area contributed by atoms with E-state index in [1.807, 2.05) is 32.9 Å². The first-order chi connectivity index (χ1) is 10.7. The van der Waals surface area contributed by atoms with Crippen LogP contribution in [0.4, 0.5) is 4.79 Å². The average Bonchev–Trinajstić information content (AvgIpc) is 2.45. The maximum Gasteiger partial charge on any atom is 0.410 e. The van der Waals surface area contributed by atoms with Gasteiger partial charge in [0.15, 0.2) is 0 Å². The van der Waals surface area contributed by atoms with E-state index >= 15 is 0 Å². The lowest BCUT2D eigenvalue weighted by Crippen LogP contribution is -2.42. The van der Waals surface area contributed by atoms with Crippen LogP contribution in [0.5, 0.6) is 0 Å². The Labute approximate surface area is 137 Å². The van der Waals surface area contributed by atoms with Crippen molar-refractivity contribution in [2.24, 2.45) is 0 Å². The quantitative estimate of drug-likeness (QED) is 0.900. The third kappa shape index (κ3) is 4.47. The highest BCUT2D eigenvalue weighted by molar-refractivity contribution is 5.89. The molecule has 0 aromatic heterocycles. The highest BCUT2D eigenvalue weighted by atomic mass is 16.6. The molecule has 1 aromatic carbocycles. The molecule has 1 aliphatic rings. The van der Waals surface area contributed by atoms with Gasteiger partial charge in [0.25, 0.3) is 0 Å². The number of amides is 1. The summed E-state index contributed by atoms with van der Waals surface area (Å²) in [6, 6.07) is 5.44. The standard InChI is InChI=1S/C18H25NO4/c1-12-10-13(7-8-15(12)16(20)21)14-6-5-9-19(11-14)17(22)23-18(2,3)4/h7-8,10,14H,5-6,9,11H2,1-4H3,(H,20,21)/t14-/m0/s1. The van der Waals surface area contributed by atoms with E-state index in [1.165, 1.54) is 0 Å². The van der Waals surface area contributed by atoms with Crippen molar-refractivity contribution in [1.82, 2.24) is 4.90 Å². The first-order valence-electron chi connectivity index (χ1n) is 7.99. The summed E-state index contributed by atoms with van der Waals surface area (Å²) in [7, 11) is 0. The van der Waals surface area contributed by atoms with Gasteiger partial charge in [0.05, 0.1) is 5.56 Å². The Morgan fingerprint density at radius 1 is 1.30 bits per heavy atom. The zero-order valence-electron chi connectivity index (χ0n) is 14.3. The smallest absolute Gasteiger partial charge is 0.410 e. The molecule has 1 atom stereocenters. The van der Waals surface area contributed by atoms with Crippen LogP contribution < -0.4 is 0 Å². The number of carbonyl (C=O) groups excluding carboxylic acids is 1. The van der Waals surface area contributed by atoms with Gasteiger partial charge >= 0.3 is 12.1 Å². The number of aryl methyl sites for hydroxylation is 1. The molecule has 5 nitrogen and oxygen atoms in total. The molecular weight excluding hydrogens is 294 g/mol. The number of likely N-dealkylation sites (tertiary alicyclic amines) is 1. The van der Waals surface area contributed by atoms with Gasteiger partial charge < -0.3 is 14.7 Å². The van der Waals surface area contributed by atoms with E-state index < -0.39 is 11.6 Å². The Morgan fingerprint density at radius 2 is 2.00 bits per heavy atom. The number of benzene rings is 1. The number of hydrogen-bond donors (Lipinski definition) is 1. The number of carbonyl (C=O) groups is 2. The van der Waals surface area contributed by atoms with Gasteiger partial charge in [-0.15, -0.1) is 0 Å². The molecule has 0 bridgehead atoms. The number of carboxylic acid groups (broad SMARTS) is 1. The van der Waals surface area contributed by atoms with E-state index in [1.54, 1.807) is 17.9 Å². The first-order valence-corrected chi connectivity index (χ1v) is 7.99. The van der Waals surface area contributed by atoms with Crippen LogP contribution in [0.2, 0.25) is 0 Å². The molecule has 23 heavy (non-hydrogen) atoms. The van der Waals surface area contributed by atoms with E-state index in [0.29, 0.717) is 18.7 Å². The minimum absolute atomic E-state index is 0.220. The normalized spacial score (nSPS) is 18.6. The number of piperidine rings is 1. The Kier molecular flexibility index (Phi) is 4.97. The zero-order valence-corrected chi connectivity index (χ0v) is 14.3. The highest BCUT2D eigenvalue weighted by Crippen LogP contribution is 2.29. The largest absolute Gasteiger partial charge is 0.478 e. The van der Waals surface area contributed by atoms with Crippen LogP contribution in [0.1, 0.15) is 61.0 Å². The number of nitrogens with zero attached hydrogens (tertiary/aromatic N) is 1. The number of rotatable bonds is 2. The van der Waals surface area contributed by atoms with Crippen LogP contribution in [0, 0.1) is 6.92 Å².